The highest BCUT2D eigenvalue weighted by molar-refractivity contribution is 7.99. The molecular formula is C88H160N4O10S. The van der Waals surface area contributed by atoms with Crippen molar-refractivity contribution < 1.29 is 48.4 Å². The largest absolute Gasteiger partial charge is 0.481 e. The number of benzene rings is 3. The first-order chi connectivity index (χ1) is 46.4. The smallest absolute Gasteiger partial charge is 0.311 e. The van der Waals surface area contributed by atoms with Gasteiger partial charge in [-0.25, -0.2) is 0 Å². The molecule has 0 bridgehead atoms. The van der Waals surface area contributed by atoms with E-state index in [-0.39, 0.29) is 52.6 Å². The zero-order chi connectivity index (χ0) is 84.7. The number of carboxylic acids is 2. The van der Waals surface area contributed by atoms with Crippen molar-refractivity contribution in [1.82, 2.24) is 0 Å². The van der Waals surface area contributed by atoms with Crippen molar-refractivity contribution in [1.29, 1.82) is 21.0 Å². The van der Waals surface area contributed by atoms with Crippen LogP contribution in [0.5, 0.6) is 0 Å². The third-order valence-electron chi connectivity index (χ3n) is 10.6. The molecule has 0 amide bonds. The number of carboxylic acid groups (broad SMARTS) is 2. The third kappa shape index (κ3) is 154. The van der Waals surface area contributed by atoms with E-state index < -0.39 is 11.9 Å². The Labute approximate surface area is 641 Å². The summed E-state index contributed by atoms with van der Waals surface area (Å²) in [6, 6.07) is 39.8. The Balaban J connectivity index is -0.0000000867. The van der Waals surface area contributed by atoms with Gasteiger partial charge in [-0.3, -0.25) is 24.0 Å². The molecule has 0 spiro atoms. The lowest BCUT2D eigenvalue weighted by atomic mass is 9.78. The molecule has 0 heterocycles. The predicted molar refractivity (Wildman–Crippen MR) is 445 cm³/mol. The van der Waals surface area contributed by atoms with E-state index in [0.717, 1.165) is 19.3 Å². The minimum atomic E-state index is -0.745. The van der Waals surface area contributed by atoms with Crippen LogP contribution < -0.4 is 0 Å². The molecule has 103 heavy (non-hydrogen) atoms. The van der Waals surface area contributed by atoms with Gasteiger partial charge in [-0.2, -0.15) is 32.8 Å². The Hall–Kier alpha value is -6.68. The Morgan fingerprint density at radius 1 is 0.524 bits per heavy atom. The second-order valence-corrected chi connectivity index (χ2v) is 34.5. The molecule has 0 saturated heterocycles. The summed E-state index contributed by atoms with van der Waals surface area (Å²) in [5.41, 5.74) is 5.37. The van der Waals surface area contributed by atoms with E-state index in [9.17, 15) is 24.0 Å². The first-order valence-corrected chi connectivity index (χ1v) is 37.9. The molecule has 0 aliphatic heterocycles. The number of hydrogen-bond acceptors (Lipinski definition) is 13. The van der Waals surface area contributed by atoms with Crippen molar-refractivity contribution in [3.8, 4) is 24.3 Å². The minimum Gasteiger partial charge on any atom is -0.481 e. The third-order valence-corrected chi connectivity index (χ3v) is 11.8. The van der Waals surface area contributed by atoms with E-state index in [1.165, 1.54) is 30.0 Å². The van der Waals surface area contributed by atoms with Gasteiger partial charge in [-0.05, 0) is 173 Å². The number of nitrogens with zero attached hydrogens (tertiary/aromatic N) is 4. The Kier molecular flexibility index (Phi) is 88.0. The Morgan fingerprint density at radius 3 is 0.942 bits per heavy atom. The van der Waals surface area contributed by atoms with E-state index in [1.807, 2.05) is 147 Å². The number of hydrogen-bond donors (Lipinski definition) is 2. The molecule has 15 heteroatoms. The molecule has 0 aliphatic carbocycles. The molecule has 0 aliphatic rings. The fraction of sp³-hybridized carbons (Fsp3) is 0.693. The van der Waals surface area contributed by atoms with Gasteiger partial charge in [0.2, 0.25) is 0 Å². The number of ether oxygens (including phenoxy) is 3. The van der Waals surface area contributed by atoms with Crippen LogP contribution in [0.15, 0.2) is 91.0 Å². The quantitative estimate of drug-likeness (QED) is 0.141. The summed E-state index contributed by atoms with van der Waals surface area (Å²) in [6.07, 6.45) is 7.87. The second-order valence-electron chi connectivity index (χ2n) is 32.8. The average molecular weight is 1470 g/mol. The topological polar surface area (TPSA) is 249 Å². The Morgan fingerprint density at radius 2 is 0.854 bits per heavy atom. The molecular weight excluding hydrogens is 1310 g/mol. The standard InChI is InChI=1S/C10H14.C9H12.C9H20.C8H10.C7H14O2.C6H11N.C5H9N.2C5H10O2.C5H12S.C5H12.C4H7N.C4H8O2.C3H5N.C3H6O2/c1-10(2,3)9-7-5-4-6-8-9;1-8(2)9-6-4-3-5-7-9;1-8(2,3)7-9(4,5)6;1-2-8-6-4-3-5-7-8;1-5-9-6(8)7(2,3)4;1-4-6(2,3)5-7;1-5(2,3)4-6;1-4(2)7-5(3)6;1-3-5(6)7-4-2;1-5(2,3)6-4;1-5(2,3)4;1-4(2)3-5;1-2-3-4(5)6;1-2-3-4;1-2-3(4)5/h4-8H,1-3H3;3-8H,1-2H3;7H2,1-6H3;3-7H,2H2,1H3;5H2,1-4H3;4H2,1-3H3;1-3H3;4H,1-3H3;3-4H2,1-2H3;1-4H3;1-4H3;4H,1-2H3;2-3H2,1H3,(H,5,6);2H2,1H3;2H2,1H3,(H,4,5). The summed E-state index contributed by atoms with van der Waals surface area (Å²) < 4.78 is 14.4. The van der Waals surface area contributed by atoms with Gasteiger partial charge in [-0.1, -0.05) is 257 Å². The number of carbonyl (C=O) groups is 5. The van der Waals surface area contributed by atoms with Crippen LogP contribution in [0.3, 0.4) is 0 Å². The van der Waals surface area contributed by atoms with Gasteiger partial charge in [0.1, 0.15) is 0 Å². The van der Waals surface area contributed by atoms with Crippen molar-refractivity contribution >= 4 is 41.6 Å². The van der Waals surface area contributed by atoms with Crippen molar-refractivity contribution in [2.24, 2.45) is 38.4 Å². The number of rotatable bonds is 10. The van der Waals surface area contributed by atoms with Gasteiger partial charge in [0.15, 0.2) is 0 Å². The van der Waals surface area contributed by atoms with Gasteiger partial charge in [0, 0.05) is 48.7 Å². The van der Waals surface area contributed by atoms with E-state index in [0.29, 0.717) is 64.8 Å². The van der Waals surface area contributed by atoms with Crippen LogP contribution in [0, 0.1) is 83.7 Å². The fourth-order valence-electron chi connectivity index (χ4n) is 5.32. The highest BCUT2D eigenvalue weighted by Gasteiger charge is 2.22. The molecule has 3 rings (SSSR count). The molecule has 0 fully saturated rings. The highest BCUT2D eigenvalue weighted by atomic mass is 32.2. The maximum atomic E-state index is 10.8. The minimum absolute atomic E-state index is 0.0255. The summed E-state index contributed by atoms with van der Waals surface area (Å²) in [5, 5.41) is 47.7. The van der Waals surface area contributed by atoms with Crippen molar-refractivity contribution in [2.45, 2.75) is 344 Å². The maximum absolute atomic E-state index is 10.8. The van der Waals surface area contributed by atoms with Gasteiger partial charge >= 0.3 is 29.8 Å². The predicted octanol–water partition coefficient (Wildman–Crippen LogP) is 26.2. The molecule has 0 atom stereocenters. The van der Waals surface area contributed by atoms with Crippen LogP contribution in [-0.4, -0.2) is 70.4 Å². The monoisotopic (exact) mass is 1470 g/mol. The number of thioether (sulfide) groups is 1. The van der Waals surface area contributed by atoms with Crippen molar-refractivity contribution in [3.05, 3.63) is 108 Å². The van der Waals surface area contributed by atoms with Crippen molar-refractivity contribution in [3.63, 3.8) is 0 Å². The molecule has 14 nitrogen and oxygen atoms in total. The lowest BCUT2D eigenvalue weighted by molar-refractivity contribution is -0.152. The van der Waals surface area contributed by atoms with Crippen LogP contribution >= 0.6 is 11.8 Å². The zero-order valence-corrected chi connectivity index (χ0v) is 74.6. The van der Waals surface area contributed by atoms with Gasteiger partial charge in [0.25, 0.3) is 0 Å². The van der Waals surface area contributed by atoms with E-state index in [1.54, 1.807) is 20.8 Å². The summed E-state index contributed by atoms with van der Waals surface area (Å²) in [4.78, 5) is 50.0. The molecule has 3 aromatic rings. The molecule has 2 N–H and O–H groups in total. The van der Waals surface area contributed by atoms with Crippen LogP contribution in [0.2, 0.25) is 0 Å². The summed E-state index contributed by atoms with van der Waals surface area (Å²) in [5.74, 6) is -1.08. The first kappa shape index (κ1) is 123. The number of carbonyl (C=O) groups excluding carboxylic acids is 3. The lowest BCUT2D eigenvalue weighted by Gasteiger charge is -2.28. The van der Waals surface area contributed by atoms with Crippen molar-refractivity contribution in [2.75, 3.05) is 19.5 Å². The molecule has 598 valence electrons. The van der Waals surface area contributed by atoms with Gasteiger partial charge in [0.05, 0.1) is 54.4 Å². The lowest BCUT2D eigenvalue weighted by Crippen LogP contribution is -2.22. The van der Waals surface area contributed by atoms with Gasteiger partial charge in [-0.15, -0.1) is 0 Å². The number of aliphatic carboxylic acids is 2. The summed E-state index contributed by atoms with van der Waals surface area (Å²) >= 11 is 1.88. The summed E-state index contributed by atoms with van der Waals surface area (Å²) in [6.45, 7) is 79.8. The van der Waals surface area contributed by atoms with Gasteiger partial charge < -0.3 is 24.4 Å². The molecule has 0 saturated carbocycles. The number of aryl methyl sites for hydroxylation is 1. The highest BCUT2D eigenvalue weighted by Crippen LogP contribution is 2.32. The second kappa shape index (κ2) is 73.6. The van der Waals surface area contributed by atoms with Crippen LogP contribution in [0.4, 0.5) is 0 Å². The first-order valence-electron chi connectivity index (χ1n) is 36.7. The molecule has 0 unspecified atom stereocenters. The van der Waals surface area contributed by atoms with Crippen LogP contribution in [0.1, 0.15) is 338 Å². The number of esters is 3. The fourth-order valence-corrected chi connectivity index (χ4v) is 5.32. The zero-order valence-electron chi connectivity index (χ0n) is 73.8. The van der Waals surface area contributed by atoms with E-state index >= 15 is 0 Å². The number of nitriles is 4. The SMILES string of the molecule is CC(=O)OC(C)C.CC(C)(C)C.CC(C)(C)C#N.CC(C)(C)CC(C)(C)C.CC(C)(C)c1ccccc1.CC(C)C#N.CC(C)c1ccccc1.CCC#N.CCC(=O)O.CCC(C)(C)C#N.CCCC(=O)O.CCOC(=O)C(C)(C)C.CCOC(=O)CC.CCc1ccccc1.CSC(C)(C)C. The summed E-state index contributed by atoms with van der Waals surface area (Å²) in [7, 11) is 0. The molecule has 3 aromatic carbocycles. The molecule has 0 aromatic heterocycles. The van der Waals surface area contributed by atoms with Crippen LogP contribution in [0.25, 0.3) is 0 Å². The van der Waals surface area contributed by atoms with Crippen LogP contribution in [-0.2, 0) is 50.0 Å². The Bertz CT molecular complexity index is 2560. The van der Waals surface area contributed by atoms with E-state index in [2.05, 4.69) is 238 Å². The van der Waals surface area contributed by atoms with E-state index in [4.69, 9.17) is 36.0 Å². The molecule has 0 radical (unpaired) electrons. The normalized spacial score (nSPS) is 10.1. The average Bonchev–Trinajstić information content (AvgIpc) is 0.894. The maximum Gasteiger partial charge on any atom is 0.311 e.